The molecule has 0 bridgehead atoms. The molecule has 0 radical (unpaired) electrons. The van der Waals surface area contributed by atoms with Gasteiger partial charge in [0.25, 0.3) is 11.5 Å². The highest BCUT2D eigenvalue weighted by Gasteiger charge is 2.62. The van der Waals surface area contributed by atoms with Crippen molar-refractivity contribution in [2.75, 3.05) is 11.9 Å². The van der Waals surface area contributed by atoms with Crippen LogP contribution in [0, 0.1) is 0 Å². The summed E-state index contributed by atoms with van der Waals surface area (Å²) >= 11 is 0. The first-order valence-electron chi connectivity index (χ1n) is 7.12. The first-order chi connectivity index (χ1) is 11.7. The number of amides is 1. The van der Waals surface area contributed by atoms with Crippen molar-refractivity contribution < 1.29 is 37.0 Å². The van der Waals surface area contributed by atoms with E-state index >= 15 is 0 Å². The van der Waals surface area contributed by atoms with E-state index in [0.29, 0.717) is 0 Å². The SMILES string of the molecule is CCOC(=O)C(O)(c1ccc(NC(=O)c2ccco2)cc1)C(F)(F)F. The Kier molecular flexibility index (Phi) is 5.17. The highest BCUT2D eigenvalue weighted by atomic mass is 19.4. The van der Waals surface area contributed by atoms with Gasteiger partial charge in [-0.3, -0.25) is 4.79 Å². The van der Waals surface area contributed by atoms with E-state index in [2.05, 4.69) is 10.1 Å². The van der Waals surface area contributed by atoms with E-state index in [4.69, 9.17) is 4.42 Å². The van der Waals surface area contributed by atoms with E-state index in [1.165, 1.54) is 25.3 Å². The van der Waals surface area contributed by atoms with E-state index < -0.39 is 29.2 Å². The second kappa shape index (κ2) is 6.98. The third kappa shape index (κ3) is 3.66. The van der Waals surface area contributed by atoms with Gasteiger partial charge in [0, 0.05) is 11.3 Å². The van der Waals surface area contributed by atoms with Crippen LogP contribution in [0.1, 0.15) is 23.0 Å². The minimum Gasteiger partial charge on any atom is -0.463 e. The Morgan fingerprint density at radius 3 is 2.32 bits per heavy atom. The summed E-state index contributed by atoms with van der Waals surface area (Å²) < 4.78 is 48.9. The molecule has 6 nitrogen and oxygen atoms in total. The molecule has 1 amide bonds. The van der Waals surface area contributed by atoms with Crippen LogP contribution in [-0.4, -0.2) is 29.8 Å². The number of carbonyl (C=O) groups excluding carboxylic acids is 2. The Labute approximate surface area is 140 Å². The van der Waals surface area contributed by atoms with Crippen LogP contribution in [0.4, 0.5) is 18.9 Å². The number of benzene rings is 1. The number of carbonyl (C=O) groups is 2. The Balaban J connectivity index is 2.27. The van der Waals surface area contributed by atoms with Gasteiger partial charge in [-0.05, 0) is 31.2 Å². The molecule has 2 aromatic rings. The average Bonchev–Trinajstić information content (AvgIpc) is 3.08. The van der Waals surface area contributed by atoms with Crippen LogP contribution in [0.3, 0.4) is 0 Å². The van der Waals surface area contributed by atoms with Gasteiger partial charge in [-0.2, -0.15) is 13.2 Å². The molecular formula is C16H14F3NO5. The van der Waals surface area contributed by atoms with E-state index in [9.17, 15) is 27.9 Å². The first kappa shape index (κ1) is 18.5. The summed E-state index contributed by atoms with van der Waals surface area (Å²) in [5.41, 5.74) is -4.37. The van der Waals surface area contributed by atoms with E-state index in [1.54, 1.807) is 0 Å². The molecule has 25 heavy (non-hydrogen) atoms. The molecule has 2 N–H and O–H groups in total. The lowest BCUT2D eigenvalue weighted by molar-refractivity contribution is -0.267. The van der Waals surface area contributed by atoms with Gasteiger partial charge in [-0.15, -0.1) is 0 Å². The smallest absolute Gasteiger partial charge is 0.432 e. The number of alkyl halides is 3. The number of furan rings is 1. The van der Waals surface area contributed by atoms with E-state index in [1.807, 2.05) is 0 Å². The van der Waals surface area contributed by atoms with Gasteiger partial charge in [-0.25, -0.2) is 4.79 Å². The van der Waals surface area contributed by atoms with Crippen molar-refractivity contribution in [3.05, 3.63) is 54.0 Å². The molecule has 134 valence electrons. The van der Waals surface area contributed by atoms with Crippen LogP contribution in [0.15, 0.2) is 47.1 Å². The van der Waals surface area contributed by atoms with E-state index in [0.717, 1.165) is 24.3 Å². The summed E-state index contributed by atoms with van der Waals surface area (Å²) in [6, 6.07) is 6.90. The van der Waals surface area contributed by atoms with Crippen molar-refractivity contribution >= 4 is 17.6 Å². The monoisotopic (exact) mass is 357 g/mol. The quantitative estimate of drug-likeness (QED) is 0.804. The molecule has 0 aliphatic heterocycles. The fraction of sp³-hybridized carbons (Fsp3) is 0.250. The zero-order valence-electron chi connectivity index (χ0n) is 13.0. The third-order valence-corrected chi connectivity index (χ3v) is 3.29. The standard InChI is InChI=1S/C16H14F3NO5/c1-2-24-14(22)15(23,16(17,18)19)10-5-7-11(8-6-10)20-13(21)12-4-3-9-25-12/h3-9,23H,2H2,1H3,(H,20,21). The topological polar surface area (TPSA) is 88.8 Å². The number of nitrogens with one attached hydrogen (secondary N) is 1. The summed E-state index contributed by atoms with van der Waals surface area (Å²) in [6.45, 7) is 0.996. The number of anilines is 1. The van der Waals surface area contributed by atoms with Crippen molar-refractivity contribution in [3.63, 3.8) is 0 Å². The number of halogens is 3. The summed E-state index contributed by atoms with van der Waals surface area (Å²) in [5.74, 6) is -2.41. The van der Waals surface area contributed by atoms with Gasteiger partial charge in [0.1, 0.15) is 0 Å². The summed E-state index contributed by atoms with van der Waals surface area (Å²) in [7, 11) is 0. The molecule has 2 rings (SSSR count). The van der Waals surface area contributed by atoms with Gasteiger partial charge < -0.3 is 19.6 Å². The van der Waals surface area contributed by atoms with Crippen LogP contribution < -0.4 is 5.32 Å². The molecule has 1 aromatic heterocycles. The van der Waals surface area contributed by atoms with Crippen molar-refractivity contribution in [1.29, 1.82) is 0 Å². The molecule has 0 aliphatic carbocycles. The van der Waals surface area contributed by atoms with Crippen molar-refractivity contribution in [2.45, 2.75) is 18.7 Å². The van der Waals surface area contributed by atoms with Crippen molar-refractivity contribution in [1.82, 2.24) is 0 Å². The predicted octanol–water partition coefficient (Wildman–Crippen LogP) is 2.84. The Bertz CT molecular complexity index is 740. The lowest BCUT2D eigenvalue weighted by Gasteiger charge is -2.28. The zero-order valence-corrected chi connectivity index (χ0v) is 13.0. The fourth-order valence-corrected chi connectivity index (χ4v) is 2.03. The molecule has 1 heterocycles. The molecule has 0 aliphatic rings. The van der Waals surface area contributed by atoms with Gasteiger partial charge in [0.15, 0.2) is 5.76 Å². The number of rotatable bonds is 5. The molecule has 0 fully saturated rings. The largest absolute Gasteiger partial charge is 0.463 e. The second-order valence-corrected chi connectivity index (χ2v) is 4.94. The normalized spacial score (nSPS) is 13.8. The van der Waals surface area contributed by atoms with Gasteiger partial charge in [0.2, 0.25) is 0 Å². The number of hydrogen-bond donors (Lipinski definition) is 2. The summed E-state index contributed by atoms with van der Waals surface area (Å²) in [6.07, 6.45) is -3.99. The molecule has 1 aromatic carbocycles. The highest BCUT2D eigenvalue weighted by molar-refractivity contribution is 6.02. The minimum absolute atomic E-state index is 0.0161. The Morgan fingerprint density at radius 2 is 1.84 bits per heavy atom. The molecule has 0 saturated heterocycles. The molecular weight excluding hydrogens is 343 g/mol. The summed E-state index contributed by atoms with van der Waals surface area (Å²) in [5, 5.41) is 12.3. The lowest BCUT2D eigenvalue weighted by atomic mass is 9.93. The third-order valence-electron chi connectivity index (χ3n) is 3.29. The van der Waals surface area contributed by atoms with Crippen LogP contribution in [0.5, 0.6) is 0 Å². The molecule has 0 spiro atoms. The lowest BCUT2D eigenvalue weighted by Crippen LogP contribution is -2.50. The number of hydrogen-bond acceptors (Lipinski definition) is 5. The second-order valence-electron chi connectivity index (χ2n) is 4.94. The maximum atomic E-state index is 13.2. The first-order valence-corrected chi connectivity index (χ1v) is 7.12. The Morgan fingerprint density at radius 1 is 1.20 bits per heavy atom. The molecule has 1 atom stereocenters. The highest BCUT2D eigenvalue weighted by Crippen LogP contribution is 2.40. The van der Waals surface area contributed by atoms with Gasteiger partial charge in [0.05, 0.1) is 12.9 Å². The molecule has 9 heteroatoms. The van der Waals surface area contributed by atoms with Crippen molar-refractivity contribution in [3.8, 4) is 0 Å². The van der Waals surface area contributed by atoms with Crippen LogP contribution in [0.2, 0.25) is 0 Å². The van der Waals surface area contributed by atoms with Crippen LogP contribution in [-0.2, 0) is 15.1 Å². The minimum atomic E-state index is -5.28. The van der Waals surface area contributed by atoms with Crippen molar-refractivity contribution in [2.24, 2.45) is 0 Å². The predicted molar refractivity (Wildman–Crippen MR) is 79.7 cm³/mol. The van der Waals surface area contributed by atoms with Crippen LogP contribution >= 0.6 is 0 Å². The number of esters is 1. The average molecular weight is 357 g/mol. The maximum Gasteiger partial charge on any atom is 0.432 e. The number of aliphatic hydroxyl groups is 1. The zero-order chi connectivity index (χ0) is 18.7. The molecule has 1 unspecified atom stereocenters. The maximum absolute atomic E-state index is 13.2. The van der Waals surface area contributed by atoms with Gasteiger partial charge >= 0.3 is 12.1 Å². The Hall–Kier alpha value is -2.81. The van der Waals surface area contributed by atoms with Crippen LogP contribution in [0.25, 0.3) is 0 Å². The fourth-order valence-electron chi connectivity index (χ4n) is 2.03. The number of ether oxygens (including phenoxy) is 1. The summed E-state index contributed by atoms with van der Waals surface area (Å²) in [4.78, 5) is 23.5. The van der Waals surface area contributed by atoms with Gasteiger partial charge in [-0.1, -0.05) is 12.1 Å². The van der Waals surface area contributed by atoms with E-state index in [-0.39, 0.29) is 18.1 Å². The molecule has 0 saturated carbocycles.